The van der Waals surface area contributed by atoms with Gasteiger partial charge < -0.3 is 5.32 Å². The Balaban J connectivity index is 2.21. The summed E-state index contributed by atoms with van der Waals surface area (Å²) in [6.45, 7) is 8.16. The predicted molar refractivity (Wildman–Crippen MR) is 85.3 cm³/mol. The number of hydrogen-bond donors (Lipinski definition) is 2. The molecule has 5 heteroatoms. The van der Waals surface area contributed by atoms with Gasteiger partial charge in [0.1, 0.15) is 0 Å². The minimum Gasteiger partial charge on any atom is -0.315 e. The highest BCUT2D eigenvalue weighted by atomic mass is 32.2. The molecule has 0 heterocycles. The number of nitrogens with one attached hydrogen (secondary N) is 2. The van der Waals surface area contributed by atoms with E-state index in [0.717, 1.165) is 25.3 Å². The molecule has 1 rings (SSSR count). The summed E-state index contributed by atoms with van der Waals surface area (Å²) < 4.78 is 26.9. The van der Waals surface area contributed by atoms with Crippen LogP contribution in [-0.2, 0) is 10.0 Å². The smallest absolute Gasteiger partial charge is 0.215 e. The lowest BCUT2D eigenvalue weighted by molar-refractivity contribution is 0.278. The zero-order chi connectivity index (χ0) is 15.0. The van der Waals surface area contributed by atoms with Crippen LogP contribution in [0.4, 0.5) is 0 Å². The van der Waals surface area contributed by atoms with Crippen molar-refractivity contribution in [3.8, 4) is 0 Å². The fourth-order valence-corrected chi connectivity index (χ4v) is 3.78. The van der Waals surface area contributed by atoms with E-state index in [0.29, 0.717) is 19.0 Å². The van der Waals surface area contributed by atoms with Crippen molar-refractivity contribution in [3.05, 3.63) is 0 Å². The fraction of sp³-hybridized carbons (Fsp3) is 1.00. The Morgan fingerprint density at radius 3 is 2.40 bits per heavy atom. The van der Waals surface area contributed by atoms with E-state index in [2.05, 4.69) is 23.9 Å². The molecule has 4 nitrogen and oxygen atoms in total. The molecule has 0 spiro atoms. The monoisotopic (exact) mass is 304 g/mol. The topological polar surface area (TPSA) is 58.2 Å². The minimum absolute atomic E-state index is 0.361. The molecule has 1 aliphatic rings. The summed E-state index contributed by atoms with van der Waals surface area (Å²) in [5.74, 6) is 1.56. The first-order chi connectivity index (χ1) is 9.45. The van der Waals surface area contributed by atoms with E-state index in [-0.39, 0.29) is 5.25 Å². The molecule has 1 atom stereocenters. The summed E-state index contributed by atoms with van der Waals surface area (Å²) in [7, 11) is -3.16. The van der Waals surface area contributed by atoms with E-state index >= 15 is 0 Å². The molecule has 0 aromatic carbocycles. The van der Waals surface area contributed by atoms with Gasteiger partial charge in [-0.1, -0.05) is 39.5 Å². The Morgan fingerprint density at radius 2 is 1.80 bits per heavy atom. The lowest BCUT2D eigenvalue weighted by Gasteiger charge is -2.26. The molecule has 1 fully saturated rings. The maximum Gasteiger partial charge on any atom is 0.215 e. The van der Waals surface area contributed by atoms with Crippen molar-refractivity contribution < 1.29 is 8.42 Å². The van der Waals surface area contributed by atoms with Crippen LogP contribution in [0.2, 0.25) is 0 Å². The molecule has 0 bridgehead atoms. The molecule has 0 aliphatic heterocycles. The minimum atomic E-state index is -3.16. The van der Waals surface area contributed by atoms with Crippen LogP contribution in [0, 0.1) is 11.8 Å². The van der Waals surface area contributed by atoms with E-state index in [1.807, 2.05) is 0 Å². The number of hydrogen-bond acceptors (Lipinski definition) is 3. The van der Waals surface area contributed by atoms with Crippen LogP contribution in [-0.4, -0.2) is 33.3 Å². The van der Waals surface area contributed by atoms with Crippen molar-refractivity contribution in [2.75, 3.05) is 19.6 Å². The Kier molecular flexibility index (Phi) is 8.07. The third-order valence-electron chi connectivity index (χ3n) is 4.38. The molecular weight excluding hydrogens is 272 g/mol. The van der Waals surface area contributed by atoms with Gasteiger partial charge in [0.05, 0.1) is 5.25 Å². The van der Waals surface area contributed by atoms with Crippen LogP contribution in [0.15, 0.2) is 0 Å². The molecule has 20 heavy (non-hydrogen) atoms. The van der Waals surface area contributed by atoms with E-state index in [9.17, 15) is 8.42 Å². The number of sulfonamides is 1. The van der Waals surface area contributed by atoms with Crippen molar-refractivity contribution in [1.29, 1.82) is 0 Å². The van der Waals surface area contributed by atoms with E-state index < -0.39 is 10.0 Å². The Hall–Kier alpha value is -0.130. The van der Waals surface area contributed by atoms with Crippen LogP contribution in [0.25, 0.3) is 0 Å². The second-order valence-electron chi connectivity index (χ2n) is 6.37. The van der Waals surface area contributed by atoms with Crippen LogP contribution >= 0.6 is 0 Å². The van der Waals surface area contributed by atoms with Gasteiger partial charge in [-0.25, -0.2) is 13.1 Å². The Labute approximate surface area is 125 Å². The van der Waals surface area contributed by atoms with Gasteiger partial charge in [0.15, 0.2) is 0 Å². The van der Waals surface area contributed by atoms with Gasteiger partial charge in [0.25, 0.3) is 0 Å². The van der Waals surface area contributed by atoms with Gasteiger partial charge in [-0.15, -0.1) is 0 Å². The third kappa shape index (κ3) is 6.55. The quantitative estimate of drug-likeness (QED) is 0.644. The first-order valence-corrected chi connectivity index (χ1v) is 9.69. The standard InChI is InChI=1S/C15H32N2O2S/c1-4-10-16-12-14(3)20(18,19)17-11-9-15-7-5-13(2)6-8-15/h13-17H,4-12H2,1-3H3. The summed E-state index contributed by atoms with van der Waals surface area (Å²) in [6, 6.07) is 0. The van der Waals surface area contributed by atoms with Crippen LogP contribution < -0.4 is 10.0 Å². The Morgan fingerprint density at radius 1 is 1.15 bits per heavy atom. The molecule has 1 aliphatic carbocycles. The summed E-state index contributed by atoms with van der Waals surface area (Å²) in [4.78, 5) is 0. The van der Waals surface area contributed by atoms with E-state index in [4.69, 9.17) is 0 Å². The summed E-state index contributed by atoms with van der Waals surface area (Å²) in [5, 5.41) is 2.81. The second-order valence-corrected chi connectivity index (χ2v) is 8.55. The Bertz CT molecular complexity index is 349. The molecule has 0 amide bonds. The van der Waals surface area contributed by atoms with Gasteiger partial charge in [-0.2, -0.15) is 0 Å². The highest BCUT2D eigenvalue weighted by Gasteiger charge is 2.21. The second kappa shape index (κ2) is 9.00. The van der Waals surface area contributed by atoms with Gasteiger partial charge in [0, 0.05) is 13.1 Å². The zero-order valence-corrected chi connectivity index (χ0v) is 14.1. The van der Waals surface area contributed by atoms with Gasteiger partial charge in [-0.05, 0) is 38.1 Å². The summed E-state index contributed by atoms with van der Waals surface area (Å²) >= 11 is 0. The highest BCUT2D eigenvalue weighted by molar-refractivity contribution is 7.90. The van der Waals surface area contributed by atoms with Gasteiger partial charge in [-0.3, -0.25) is 0 Å². The maximum atomic E-state index is 12.1. The van der Waals surface area contributed by atoms with Gasteiger partial charge in [0.2, 0.25) is 10.0 Å². The fourth-order valence-electron chi connectivity index (χ4n) is 2.76. The lowest BCUT2D eigenvalue weighted by Crippen LogP contribution is -2.39. The summed E-state index contributed by atoms with van der Waals surface area (Å²) in [5.41, 5.74) is 0. The molecule has 2 N–H and O–H groups in total. The van der Waals surface area contributed by atoms with E-state index in [1.54, 1.807) is 6.92 Å². The summed E-state index contributed by atoms with van der Waals surface area (Å²) in [6.07, 6.45) is 7.14. The SMILES string of the molecule is CCCNCC(C)S(=O)(=O)NCCC1CCC(C)CC1. The zero-order valence-electron chi connectivity index (χ0n) is 13.3. The molecular formula is C15H32N2O2S. The normalized spacial score (nSPS) is 25.6. The first kappa shape index (κ1) is 17.9. The van der Waals surface area contributed by atoms with E-state index in [1.165, 1.54) is 25.7 Å². The average molecular weight is 305 g/mol. The van der Waals surface area contributed by atoms with Crippen LogP contribution in [0.1, 0.15) is 59.3 Å². The molecule has 1 unspecified atom stereocenters. The predicted octanol–water partition coefficient (Wildman–Crippen LogP) is 2.51. The average Bonchev–Trinajstić information content (AvgIpc) is 2.41. The van der Waals surface area contributed by atoms with Crippen LogP contribution in [0.5, 0.6) is 0 Å². The maximum absolute atomic E-state index is 12.1. The molecule has 0 aromatic rings. The first-order valence-electron chi connectivity index (χ1n) is 8.15. The number of rotatable bonds is 9. The van der Waals surface area contributed by atoms with Crippen molar-refractivity contribution >= 4 is 10.0 Å². The lowest BCUT2D eigenvalue weighted by atomic mass is 9.81. The molecule has 0 radical (unpaired) electrons. The van der Waals surface area contributed by atoms with Gasteiger partial charge >= 0.3 is 0 Å². The molecule has 120 valence electrons. The van der Waals surface area contributed by atoms with Crippen molar-refractivity contribution in [1.82, 2.24) is 10.0 Å². The molecule has 1 saturated carbocycles. The third-order valence-corrected chi connectivity index (χ3v) is 6.21. The van der Waals surface area contributed by atoms with Crippen molar-refractivity contribution in [2.24, 2.45) is 11.8 Å². The van der Waals surface area contributed by atoms with Crippen LogP contribution in [0.3, 0.4) is 0 Å². The largest absolute Gasteiger partial charge is 0.315 e. The van der Waals surface area contributed by atoms with Crippen molar-refractivity contribution in [2.45, 2.75) is 64.5 Å². The van der Waals surface area contributed by atoms with Crippen molar-refractivity contribution in [3.63, 3.8) is 0 Å². The molecule has 0 saturated heterocycles. The molecule has 0 aromatic heterocycles. The highest BCUT2D eigenvalue weighted by Crippen LogP contribution is 2.29.